The highest BCUT2D eigenvalue weighted by atomic mass is 16.2. The van der Waals surface area contributed by atoms with Crippen molar-refractivity contribution >= 4 is 23.8 Å². The monoisotopic (exact) mass is 385 g/mol. The van der Waals surface area contributed by atoms with Gasteiger partial charge in [0.15, 0.2) is 0 Å². The number of piperidine rings is 1. The van der Waals surface area contributed by atoms with Crippen molar-refractivity contribution in [1.82, 2.24) is 20.5 Å². The molecule has 7 nitrogen and oxygen atoms in total. The molecule has 0 radical (unpaired) electrons. The highest BCUT2D eigenvalue weighted by Gasteiger charge is 2.55. The summed E-state index contributed by atoms with van der Waals surface area (Å²) in [5, 5.41) is 5.95. The second-order valence-corrected chi connectivity index (χ2v) is 9.05. The van der Waals surface area contributed by atoms with E-state index in [9.17, 15) is 9.59 Å². The minimum Gasteiger partial charge on any atom is -0.384 e. The molecule has 3 rings (SSSR count). The molecule has 1 saturated carbocycles. The number of hydrogen-bond acceptors (Lipinski definition) is 4. The Kier molecular flexibility index (Phi) is 5.91. The topological polar surface area (TPSA) is 100 Å². The number of nitrogens with zero attached hydrogens (tertiary/aromatic N) is 2. The van der Waals surface area contributed by atoms with Crippen molar-refractivity contribution in [1.29, 1.82) is 0 Å². The van der Waals surface area contributed by atoms with E-state index < -0.39 is 0 Å². The first kappa shape index (κ1) is 20.2. The van der Waals surface area contributed by atoms with E-state index >= 15 is 0 Å². The molecule has 3 amide bonds. The van der Waals surface area contributed by atoms with Gasteiger partial charge in [-0.3, -0.25) is 4.79 Å². The predicted octanol–water partition coefficient (Wildman–Crippen LogP) is 2.12. The fourth-order valence-electron chi connectivity index (χ4n) is 3.80. The van der Waals surface area contributed by atoms with Crippen LogP contribution in [0.2, 0.25) is 0 Å². The Hall–Kier alpha value is -2.57. The predicted molar refractivity (Wildman–Crippen MR) is 110 cm³/mol. The number of aromatic nitrogens is 1. The molecule has 1 aromatic heterocycles. The van der Waals surface area contributed by atoms with Gasteiger partial charge in [-0.15, -0.1) is 0 Å². The maximum atomic E-state index is 12.2. The molecule has 7 heteroatoms. The molecule has 3 atom stereocenters. The number of likely N-dealkylation sites (tertiary alicyclic amines) is 1. The Bertz CT molecular complexity index is 726. The van der Waals surface area contributed by atoms with Gasteiger partial charge in [-0.25, -0.2) is 9.78 Å². The number of urea groups is 1. The number of anilines is 1. The Morgan fingerprint density at radius 2 is 1.96 bits per heavy atom. The van der Waals surface area contributed by atoms with Crippen molar-refractivity contribution in [2.75, 3.05) is 31.9 Å². The summed E-state index contributed by atoms with van der Waals surface area (Å²) in [6.07, 6.45) is 5.84. The number of nitrogens with two attached hydrogens (primary N) is 1. The van der Waals surface area contributed by atoms with Crippen LogP contribution in [0.5, 0.6) is 0 Å². The summed E-state index contributed by atoms with van der Waals surface area (Å²) in [5.41, 5.74) is 6.47. The smallest absolute Gasteiger partial charge is 0.317 e. The van der Waals surface area contributed by atoms with E-state index in [1.807, 2.05) is 11.0 Å². The average molecular weight is 386 g/mol. The van der Waals surface area contributed by atoms with Gasteiger partial charge in [0.2, 0.25) is 5.91 Å². The molecule has 2 fully saturated rings. The maximum Gasteiger partial charge on any atom is 0.317 e. The van der Waals surface area contributed by atoms with E-state index in [1.54, 1.807) is 18.3 Å². The normalized spacial score (nSPS) is 23.5. The lowest BCUT2D eigenvalue weighted by molar-refractivity contribution is -0.116. The molecule has 152 valence electrons. The lowest BCUT2D eigenvalue weighted by atomic mass is 9.97. The van der Waals surface area contributed by atoms with Gasteiger partial charge in [0.1, 0.15) is 5.82 Å². The molecule has 2 heterocycles. The van der Waals surface area contributed by atoms with Crippen LogP contribution < -0.4 is 16.4 Å². The maximum absolute atomic E-state index is 12.2. The first-order valence-corrected chi connectivity index (χ1v) is 9.93. The van der Waals surface area contributed by atoms with Crippen molar-refractivity contribution in [2.24, 2.45) is 23.2 Å². The molecular weight excluding hydrogens is 354 g/mol. The van der Waals surface area contributed by atoms with E-state index in [1.165, 1.54) is 6.08 Å². The van der Waals surface area contributed by atoms with Crippen LogP contribution >= 0.6 is 0 Å². The number of carbonyl (C=O) groups excluding carboxylic acids is 2. The summed E-state index contributed by atoms with van der Waals surface area (Å²) in [6.45, 7) is 9.36. The van der Waals surface area contributed by atoms with Gasteiger partial charge in [0, 0.05) is 38.5 Å². The molecule has 28 heavy (non-hydrogen) atoms. The van der Waals surface area contributed by atoms with Gasteiger partial charge in [-0.2, -0.15) is 0 Å². The van der Waals surface area contributed by atoms with E-state index in [4.69, 9.17) is 5.73 Å². The highest BCUT2D eigenvalue weighted by molar-refractivity contribution is 5.91. The Morgan fingerprint density at radius 3 is 2.57 bits per heavy atom. The van der Waals surface area contributed by atoms with E-state index in [-0.39, 0.29) is 17.4 Å². The number of carbonyl (C=O) groups is 2. The van der Waals surface area contributed by atoms with Gasteiger partial charge in [-0.1, -0.05) is 20.8 Å². The van der Waals surface area contributed by atoms with E-state index in [0.29, 0.717) is 36.7 Å². The number of amides is 3. The van der Waals surface area contributed by atoms with Crippen molar-refractivity contribution < 1.29 is 9.59 Å². The summed E-state index contributed by atoms with van der Waals surface area (Å²) in [4.78, 5) is 30.1. The second kappa shape index (κ2) is 8.20. The zero-order valence-electron chi connectivity index (χ0n) is 16.9. The van der Waals surface area contributed by atoms with Crippen molar-refractivity contribution in [3.05, 3.63) is 30.0 Å². The molecule has 0 aromatic carbocycles. The minimum atomic E-state index is -0.106. The zero-order chi connectivity index (χ0) is 20.3. The highest BCUT2D eigenvalue weighted by Crippen LogP contribution is 2.53. The Balaban J connectivity index is 1.31. The number of nitrogen functional groups attached to an aromatic ring is 1. The van der Waals surface area contributed by atoms with Crippen LogP contribution in [-0.4, -0.2) is 48.0 Å². The Morgan fingerprint density at radius 1 is 1.25 bits per heavy atom. The number of pyridine rings is 1. The number of fused-ring (bicyclic) bond motifs is 1. The molecule has 2 aliphatic rings. The lowest BCUT2D eigenvalue weighted by Crippen LogP contribution is -2.43. The van der Waals surface area contributed by atoms with Crippen LogP contribution in [0.15, 0.2) is 24.4 Å². The minimum absolute atomic E-state index is 0.0523. The zero-order valence-corrected chi connectivity index (χ0v) is 16.9. The molecule has 0 bridgehead atoms. The van der Waals surface area contributed by atoms with Gasteiger partial charge in [0.25, 0.3) is 0 Å². The van der Waals surface area contributed by atoms with Gasteiger partial charge in [0.05, 0.1) is 0 Å². The lowest BCUT2D eigenvalue weighted by Gasteiger charge is -2.24. The van der Waals surface area contributed by atoms with E-state index in [2.05, 4.69) is 36.4 Å². The van der Waals surface area contributed by atoms with Crippen LogP contribution in [0.1, 0.15) is 32.8 Å². The van der Waals surface area contributed by atoms with E-state index in [0.717, 1.165) is 25.1 Å². The van der Waals surface area contributed by atoms with Crippen LogP contribution in [0.25, 0.3) is 6.08 Å². The van der Waals surface area contributed by atoms with Gasteiger partial charge in [-0.05, 0) is 53.4 Å². The van der Waals surface area contributed by atoms with Crippen LogP contribution in [-0.2, 0) is 4.79 Å². The standard InChI is InChI=1S/C21H31N5O2/c1-21(2,3)13-25-20(28)26-11-16-15(17(16)12-26)8-9-23-19(27)7-5-14-4-6-18(22)24-10-14/h4-7,10,15-17H,8-9,11-13H2,1-3H3,(H2,22,24)(H,23,27)(H,25,28)/b7-5+/t15-,16-,17+. The number of hydrogen-bond donors (Lipinski definition) is 3. The average Bonchev–Trinajstić information content (AvgIpc) is 3.08. The molecule has 1 aromatic rings. The van der Waals surface area contributed by atoms with Crippen LogP contribution in [0.3, 0.4) is 0 Å². The molecule has 0 spiro atoms. The van der Waals surface area contributed by atoms with Crippen molar-refractivity contribution in [3.8, 4) is 0 Å². The molecule has 1 aliphatic heterocycles. The summed E-state index contributed by atoms with van der Waals surface area (Å²) >= 11 is 0. The fourth-order valence-corrected chi connectivity index (χ4v) is 3.80. The molecule has 4 N–H and O–H groups in total. The third-order valence-corrected chi connectivity index (χ3v) is 5.44. The summed E-state index contributed by atoms with van der Waals surface area (Å²) < 4.78 is 0. The quantitative estimate of drug-likeness (QED) is 0.653. The molecular formula is C21H31N5O2. The molecule has 0 unspecified atom stereocenters. The molecule has 1 aliphatic carbocycles. The third-order valence-electron chi connectivity index (χ3n) is 5.44. The largest absolute Gasteiger partial charge is 0.384 e. The van der Waals surface area contributed by atoms with Crippen molar-refractivity contribution in [2.45, 2.75) is 27.2 Å². The second-order valence-electron chi connectivity index (χ2n) is 9.05. The molecule has 1 saturated heterocycles. The first-order chi connectivity index (χ1) is 13.2. The summed E-state index contributed by atoms with van der Waals surface area (Å²) in [6, 6.07) is 3.58. The third kappa shape index (κ3) is 5.47. The Labute approximate surface area is 166 Å². The number of nitrogens with one attached hydrogen (secondary N) is 2. The van der Waals surface area contributed by atoms with Crippen LogP contribution in [0, 0.1) is 23.2 Å². The van der Waals surface area contributed by atoms with Gasteiger partial charge >= 0.3 is 6.03 Å². The number of rotatable bonds is 6. The van der Waals surface area contributed by atoms with Crippen molar-refractivity contribution in [3.63, 3.8) is 0 Å². The fraction of sp³-hybridized carbons (Fsp3) is 0.571. The van der Waals surface area contributed by atoms with Gasteiger partial charge < -0.3 is 21.3 Å². The first-order valence-electron chi connectivity index (χ1n) is 9.93. The van der Waals surface area contributed by atoms with Crippen LogP contribution in [0.4, 0.5) is 10.6 Å². The SMILES string of the molecule is CC(C)(C)CNC(=O)N1C[C@@H]2[C@@H](CCNC(=O)/C=C/c3ccc(N)nc3)[C@@H]2C1. The summed E-state index contributed by atoms with van der Waals surface area (Å²) in [5.74, 6) is 2.16. The summed E-state index contributed by atoms with van der Waals surface area (Å²) in [7, 11) is 0.